The number of nitrogens with one attached hydrogen (secondary N) is 1. The Kier molecular flexibility index (Phi) is 4.13. The lowest BCUT2D eigenvalue weighted by molar-refractivity contribution is 0.0697. The van der Waals surface area contributed by atoms with Crippen LogP contribution in [0.15, 0.2) is 24.3 Å². The van der Waals surface area contributed by atoms with Crippen LogP contribution in [0.3, 0.4) is 0 Å². The summed E-state index contributed by atoms with van der Waals surface area (Å²) in [6.45, 7) is 3.54. The number of para-hydroxylation sites is 1. The van der Waals surface area contributed by atoms with E-state index in [0.717, 1.165) is 4.88 Å². The zero-order chi connectivity index (χ0) is 15.6. The summed E-state index contributed by atoms with van der Waals surface area (Å²) >= 11 is 1.37. The van der Waals surface area contributed by atoms with Gasteiger partial charge in [0, 0.05) is 9.75 Å². The number of carbonyl (C=O) groups is 2. The van der Waals surface area contributed by atoms with Crippen molar-refractivity contribution in [1.82, 2.24) is 0 Å². The second kappa shape index (κ2) is 5.84. The van der Waals surface area contributed by atoms with Crippen LogP contribution in [0.5, 0.6) is 5.75 Å². The van der Waals surface area contributed by atoms with Gasteiger partial charge in [0.2, 0.25) is 0 Å². The van der Waals surface area contributed by atoms with Gasteiger partial charge < -0.3 is 20.3 Å². The van der Waals surface area contributed by atoms with E-state index in [2.05, 4.69) is 5.32 Å². The van der Waals surface area contributed by atoms with Crippen LogP contribution in [0.2, 0.25) is 0 Å². The van der Waals surface area contributed by atoms with E-state index in [1.165, 1.54) is 17.4 Å². The van der Waals surface area contributed by atoms with Crippen LogP contribution < -0.4 is 10.1 Å². The summed E-state index contributed by atoms with van der Waals surface area (Å²) in [7, 11) is 0. The number of hydrogen-bond acceptors (Lipinski definition) is 5. The molecule has 0 fully saturated rings. The van der Waals surface area contributed by atoms with E-state index in [4.69, 9.17) is 9.84 Å². The first-order valence-corrected chi connectivity index (χ1v) is 6.82. The van der Waals surface area contributed by atoms with Gasteiger partial charge in [-0.15, -0.1) is 11.3 Å². The SMILES string of the molecule is Cc1sc(C)c(OC(=O)O)c1Nc1ccccc1C(=O)O. The molecule has 1 aromatic heterocycles. The van der Waals surface area contributed by atoms with Gasteiger partial charge in [0.1, 0.15) is 0 Å². The van der Waals surface area contributed by atoms with Crippen molar-refractivity contribution in [2.45, 2.75) is 13.8 Å². The van der Waals surface area contributed by atoms with Crippen LogP contribution in [-0.2, 0) is 0 Å². The highest BCUT2D eigenvalue weighted by molar-refractivity contribution is 7.12. The summed E-state index contributed by atoms with van der Waals surface area (Å²) in [6.07, 6.45) is -1.41. The average molecular weight is 307 g/mol. The summed E-state index contributed by atoms with van der Waals surface area (Å²) in [5.41, 5.74) is 0.941. The molecule has 0 atom stereocenters. The maximum atomic E-state index is 11.2. The van der Waals surface area contributed by atoms with Crippen molar-refractivity contribution in [1.29, 1.82) is 0 Å². The number of carboxylic acid groups (broad SMARTS) is 2. The normalized spacial score (nSPS) is 10.2. The minimum atomic E-state index is -1.41. The Labute approximate surface area is 124 Å². The summed E-state index contributed by atoms with van der Waals surface area (Å²) in [5.74, 6) is -0.867. The number of aromatic carboxylic acids is 1. The molecule has 21 heavy (non-hydrogen) atoms. The van der Waals surface area contributed by atoms with Crippen LogP contribution in [0.4, 0.5) is 16.2 Å². The van der Waals surface area contributed by atoms with Crippen LogP contribution in [0.1, 0.15) is 20.1 Å². The number of anilines is 2. The summed E-state index contributed by atoms with van der Waals surface area (Å²) in [4.78, 5) is 23.5. The fourth-order valence-electron chi connectivity index (χ4n) is 1.93. The molecule has 0 saturated carbocycles. The molecule has 2 rings (SSSR count). The van der Waals surface area contributed by atoms with E-state index in [0.29, 0.717) is 16.3 Å². The number of rotatable bonds is 4. The maximum Gasteiger partial charge on any atom is 0.511 e. The third-order valence-electron chi connectivity index (χ3n) is 2.81. The molecule has 3 N–H and O–H groups in total. The predicted octanol–water partition coefficient (Wildman–Crippen LogP) is 3.86. The fourth-order valence-corrected chi connectivity index (χ4v) is 2.87. The van der Waals surface area contributed by atoms with E-state index in [-0.39, 0.29) is 11.3 Å². The minimum Gasteiger partial charge on any atom is -0.478 e. The maximum absolute atomic E-state index is 11.2. The Bertz CT molecular complexity index is 707. The number of hydrogen-bond donors (Lipinski definition) is 3. The van der Waals surface area contributed by atoms with Crippen molar-refractivity contribution in [3.8, 4) is 5.75 Å². The van der Waals surface area contributed by atoms with Crippen LogP contribution in [0, 0.1) is 13.8 Å². The lowest BCUT2D eigenvalue weighted by Gasteiger charge is -2.11. The molecule has 2 aromatic rings. The molecule has 0 radical (unpaired) electrons. The number of aryl methyl sites for hydroxylation is 2. The lowest BCUT2D eigenvalue weighted by atomic mass is 10.1. The molecular formula is C14H13NO5S. The number of carboxylic acids is 1. The molecule has 7 heteroatoms. The van der Waals surface area contributed by atoms with Crippen LogP contribution in [0.25, 0.3) is 0 Å². The molecule has 0 saturated heterocycles. The second-order valence-electron chi connectivity index (χ2n) is 4.26. The third kappa shape index (κ3) is 3.14. The van der Waals surface area contributed by atoms with E-state index < -0.39 is 12.1 Å². The molecule has 6 nitrogen and oxygen atoms in total. The van der Waals surface area contributed by atoms with Gasteiger partial charge in [0.15, 0.2) is 5.75 Å². The Morgan fingerprint density at radius 1 is 1.14 bits per heavy atom. The summed E-state index contributed by atoms with van der Waals surface area (Å²) in [6, 6.07) is 6.40. The predicted molar refractivity (Wildman–Crippen MR) is 79.1 cm³/mol. The Balaban J connectivity index is 2.45. The van der Waals surface area contributed by atoms with Crippen LogP contribution in [-0.4, -0.2) is 22.3 Å². The third-order valence-corrected chi connectivity index (χ3v) is 3.81. The smallest absolute Gasteiger partial charge is 0.478 e. The van der Waals surface area contributed by atoms with Gasteiger partial charge in [0.05, 0.1) is 16.9 Å². The van der Waals surface area contributed by atoms with Crippen molar-refractivity contribution in [2.24, 2.45) is 0 Å². The van der Waals surface area contributed by atoms with Gasteiger partial charge in [-0.05, 0) is 26.0 Å². The average Bonchev–Trinajstić information content (AvgIpc) is 2.65. The molecular weight excluding hydrogens is 294 g/mol. The molecule has 1 aromatic carbocycles. The highest BCUT2D eigenvalue weighted by Gasteiger charge is 2.19. The van der Waals surface area contributed by atoms with Gasteiger partial charge >= 0.3 is 12.1 Å². The van der Waals surface area contributed by atoms with Gasteiger partial charge in [-0.25, -0.2) is 9.59 Å². The molecule has 0 amide bonds. The Morgan fingerprint density at radius 3 is 2.43 bits per heavy atom. The van der Waals surface area contributed by atoms with Crippen molar-refractivity contribution in [3.63, 3.8) is 0 Å². The second-order valence-corrected chi connectivity index (χ2v) is 5.69. The van der Waals surface area contributed by atoms with E-state index in [1.807, 2.05) is 0 Å². The van der Waals surface area contributed by atoms with Gasteiger partial charge in [-0.2, -0.15) is 0 Å². The van der Waals surface area contributed by atoms with Crippen molar-refractivity contribution < 1.29 is 24.5 Å². The molecule has 0 bridgehead atoms. The first kappa shape index (κ1) is 14.9. The topological polar surface area (TPSA) is 95.9 Å². The first-order chi connectivity index (χ1) is 9.90. The Hall–Kier alpha value is -2.54. The molecule has 0 unspecified atom stereocenters. The first-order valence-electron chi connectivity index (χ1n) is 6.00. The number of ether oxygens (including phenoxy) is 1. The largest absolute Gasteiger partial charge is 0.511 e. The zero-order valence-electron chi connectivity index (χ0n) is 11.3. The number of benzene rings is 1. The zero-order valence-corrected chi connectivity index (χ0v) is 12.2. The minimum absolute atomic E-state index is 0.0991. The Morgan fingerprint density at radius 2 is 1.81 bits per heavy atom. The molecule has 0 aliphatic heterocycles. The highest BCUT2D eigenvalue weighted by atomic mass is 32.1. The van der Waals surface area contributed by atoms with Crippen LogP contribution >= 0.6 is 11.3 Å². The molecule has 0 aliphatic rings. The lowest BCUT2D eigenvalue weighted by Crippen LogP contribution is -2.07. The monoisotopic (exact) mass is 307 g/mol. The van der Waals surface area contributed by atoms with Crippen molar-refractivity contribution >= 4 is 34.8 Å². The van der Waals surface area contributed by atoms with E-state index in [1.54, 1.807) is 32.0 Å². The molecule has 0 aliphatic carbocycles. The molecule has 1 heterocycles. The summed E-state index contributed by atoms with van der Waals surface area (Å²) in [5, 5.41) is 20.9. The van der Waals surface area contributed by atoms with Gasteiger partial charge in [0.25, 0.3) is 0 Å². The summed E-state index contributed by atoms with van der Waals surface area (Å²) < 4.78 is 4.79. The highest BCUT2D eigenvalue weighted by Crippen LogP contribution is 2.41. The van der Waals surface area contributed by atoms with E-state index >= 15 is 0 Å². The van der Waals surface area contributed by atoms with Gasteiger partial charge in [-0.3, -0.25) is 0 Å². The molecule has 0 spiro atoms. The quantitative estimate of drug-likeness (QED) is 0.742. The molecule has 110 valence electrons. The van der Waals surface area contributed by atoms with Crippen molar-refractivity contribution in [2.75, 3.05) is 5.32 Å². The standard InChI is InChI=1S/C14H13NO5S/c1-7-11(12(8(2)21-7)20-14(18)19)15-10-6-4-3-5-9(10)13(16)17/h3-6,15H,1-2H3,(H,16,17)(H,18,19). The van der Waals surface area contributed by atoms with E-state index in [9.17, 15) is 14.7 Å². The number of thiophene rings is 1. The van der Waals surface area contributed by atoms with Crippen molar-refractivity contribution in [3.05, 3.63) is 39.6 Å². The fraction of sp³-hybridized carbons (Fsp3) is 0.143. The van der Waals surface area contributed by atoms with Gasteiger partial charge in [-0.1, -0.05) is 12.1 Å².